The van der Waals surface area contributed by atoms with Crippen molar-refractivity contribution in [2.45, 2.75) is 12.8 Å². The van der Waals surface area contributed by atoms with Gasteiger partial charge in [-0.15, -0.1) is 0 Å². The second-order valence-corrected chi connectivity index (χ2v) is 5.38. The molecule has 0 saturated carbocycles. The third-order valence-electron chi connectivity index (χ3n) is 3.27. The van der Waals surface area contributed by atoms with Crippen molar-refractivity contribution in [2.75, 3.05) is 24.5 Å². The number of halogens is 1. The highest BCUT2D eigenvalue weighted by molar-refractivity contribution is 9.10. The molecule has 2 N–H and O–H groups in total. The van der Waals surface area contributed by atoms with Crippen LogP contribution >= 0.6 is 15.9 Å². The molecule has 17 heavy (non-hydrogen) atoms. The molecule has 4 heteroatoms. The molecule has 0 aliphatic carbocycles. The van der Waals surface area contributed by atoms with E-state index in [1.807, 2.05) is 18.2 Å². The molecule has 1 aliphatic heterocycles. The third kappa shape index (κ3) is 2.80. The number of nitriles is 1. The summed E-state index contributed by atoms with van der Waals surface area (Å²) in [5.41, 5.74) is 7.51. The van der Waals surface area contributed by atoms with Gasteiger partial charge in [0.05, 0.1) is 11.3 Å². The van der Waals surface area contributed by atoms with E-state index < -0.39 is 0 Å². The Bertz CT molecular complexity index is 439. The topological polar surface area (TPSA) is 53.0 Å². The van der Waals surface area contributed by atoms with Crippen LogP contribution in [0.25, 0.3) is 0 Å². The average molecular weight is 294 g/mol. The number of piperidine rings is 1. The van der Waals surface area contributed by atoms with E-state index in [-0.39, 0.29) is 0 Å². The fourth-order valence-corrected chi connectivity index (χ4v) is 2.71. The summed E-state index contributed by atoms with van der Waals surface area (Å²) < 4.78 is 0.949. The van der Waals surface area contributed by atoms with E-state index in [4.69, 9.17) is 5.73 Å². The minimum absolute atomic E-state index is 0.555. The van der Waals surface area contributed by atoms with Crippen LogP contribution in [0.1, 0.15) is 18.4 Å². The molecule has 0 radical (unpaired) electrons. The lowest BCUT2D eigenvalue weighted by molar-refractivity contribution is 0.423. The van der Waals surface area contributed by atoms with Crippen molar-refractivity contribution in [2.24, 2.45) is 11.7 Å². The van der Waals surface area contributed by atoms with Gasteiger partial charge in [-0.3, -0.25) is 0 Å². The number of benzene rings is 1. The maximum Gasteiger partial charge on any atom is 0.101 e. The molecule has 1 aromatic rings. The second kappa shape index (κ2) is 5.52. The number of nitrogens with zero attached hydrogens (tertiary/aromatic N) is 2. The van der Waals surface area contributed by atoms with Crippen molar-refractivity contribution in [3.05, 3.63) is 28.2 Å². The van der Waals surface area contributed by atoms with Gasteiger partial charge in [-0.05, 0) is 43.5 Å². The van der Waals surface area contributed by atoms with Crippen molar-refractivity contribution >= 4 is 21.6 Å². The maximum atomic E-state index is 9.17. The predicted molar refractivity (Wildman–Crippen MR) is 72.8 cm³/mol. The molecule has 0 amide bonds. The van der Waals surface area contributed by atoms with Crippen LogP contribution in [0.15, 0.2) is 22.7 Å². The number of nitrogens with two attached hydrogens (primary N) is 1. The second-order valence-electron chi connectivity index (χ2n) is 4.46. The summed E-state index contributed by atoms with van der Waals surface area (Å²) in [6.07, 6.45) is 2.36. The molecular weight excluding hydrogens is 278 g/mol. The van der Waals surface area contributed by atoms with Gasteiger partial charge in [0.15, 0.2) is 0 Å². The third-order valence-corrected chi connectivity index (χ3v) is 3.77. The van der Waals surface area contributed by atoms with E-state index in [1.54, 1.807) is 0 Å². The summed E-state index contributed by atoms with van der Waals surface area (Å²) in [7, 11) is 0. The lowest BCUT2D eigenvalue weighted by Gasteiger charge is -2.34. The van der Waals surface area contributed by atoms with Crippen LogP contribution in [-0.4, -0.2) is 19.6 Å². The van der Waals surface area contributed by atoms with E-state index in [1.165, 1.54) is 6.42 Å². The molecule has 1 saturated heterocycles. The normalized spacial score (nSPS) is 20.1. The summed E-state index contributed by atoms with van der Waals surface area (Å²) in [6.45, 7) is 2.72. The van der Waals surface area contributed by atoms with Gasteiger partial charge >= 0.3 is 0 Å². The first-order valence-corrected chi connectivity index (χ1v) is 6.68. The molecule has 1 atom stereocenters. The average Bonchev–Trinajstić information content (AvgIpc) is 2.38. The van der Waals surface area contributed by atoms with Gasteiger partial charge in [-0.2, -0.15) is 5.26 Å². The zero-order chi connectivity index (χ0) is 12.3. The molecule has 90 valence electrons. The Balaban J connectivity index is 2.24. The maximum absolute atomic E-state index is 9.17. The first kappa shape index (κ1) is 12.4. The van der Waals surface area contributed by atoms with Gasteiger partial charge in [0.1, 0.15) is 6.07 Å². The molecule has 0 aromatic heterocycles. The van der Waals surface area contributed by atoms with Crippen LogP contribution in [0.4, 0.5) is 5.69 Å². The smallest absolute Gasteiger partial charge is 0.101 e. The fraction of sp³-hybridized carbons (Fsp3) is 0.462. The quantitative estimate of drug-likeness (QED) is 0.911. The van der Waals surface area contributed by atoms with Crippen LogP contribution in [0, 0.1) is 17.2 Å². The van der Waals surface area contributed by atoms with E-state index in [0.29, 0.717) is 5.92 Å². The highest BCUT2D eigenvalue weighted by Crippen LogP contribution is 2.28. The molecule has 0 spiro atoms. The molecule has 0 bridgehead atoms. The number of anilines is 1. The van der Waals surface area contributed by atoms with E-state index >= 15 is 0 Å². The lowest BCUT2D eigenvalue weighted by atomic mass is 9.97. The minimum Gasteiger partial charge on any atom is -0.370 e. The van der Waals surface area contributed by atoms with Crippen molar-refractivity contribution < 1.29 is 0 Å². The zero-order valence-corrected chi connectivity index (χ0v) is 11.3. The fourth-order valence-electron chi connectivity index (χ4n) is 2.35. The summed E-state index contributed by atoms with van der Waals surface area (Å²) in [5.74, 6) is 0.555. The van der Waals surface area contributed by atoms with Crippen molar-refractivity contribution in [1.29, 1.82) is 5.26 Å². The predicted octanol–water partition coefficient (Wildman–Crippen LogP) is 2.50. The summed E-state index contributed by atoms with van der Waals surface area (Å²) in [4.78, 5) is 2.28. The molecule has 1 unspecified atom stereocenters. The molecule has 1 aromatic carbocycles. The Labute approximate surface area is 110 Å². The highest BCUT2D eigenvalue weighted by atomic mass is 79.9. The van der Waals surface area contributed by atoms with Crippen LogP contribution in [0.2, 0.25) is 0 Å². The Hall–Kier alpha value is -1.05. The first-order chi connectivity index (χ1) is 8.24. The first-order valence-electron chi connectivity index (χ1n) is 5.89. The van der Waals surface area contributed by atoms with Gasteiger partial charge in [0.25, 0.3) is 0 Å². The van der Waals surface area contributed by atoms with Crippen LogP contribution in [-0.2, 0) is 0 Å². The van der Waals surface area contributed by atoms with Crippen LogP contribution in [0.3, 0.4) is 0 Å². The molecule has 1 heterocycles. The largest absolute Gasteiger partial charge is 0.370 e. The van der Waals surface area contributed by atoms with Crippen molar-refractivity contribution in [3.8, 4) is 6.07 Å². The highest BCUT2D eigenvalue weighted by Gasteiger charge is 2.20. The number of hydrogen-bond donors (Lipinski definition) is 1. The molecule has 1 aliphatic rings. The molecule has 1 fully saturated rings. The summed E-state index contributed by atoms with van der Waals surface area (Å²) >= 11 is 3.40. The summed E-state index contributed by atoms with van der Waals surface area (Å²) in [6, 6.07) is 8.14. The van der Waals surface area contributed by atoms with Gasteiger partial charge in [0.2, 0.25) is 0 Å². The van der Waals surface area contributed by atoms with Crippen LogP contribution in [0.5, 0.6) is 0 Å². The Morgan fingerprint density at radius 2 is 2.35 bits per heavy atom. The number of hydrogen-bond acceptors (Lipinski definition) is 3. The zero-order valence-electron chi connectivity index (χ0n) is 9.69. The minimum atomic E-state index is 0.555. The van der Waals surface area contributed by atoms with Gasteiger partial charge < -0.3 is 10.6 Å². The van der Waals surface area contributed by atoms with Gasteiger partial charge in [-0.1, -0.05) is 15.9 Å². The Morgan fingerprint density at radius 3 is 3.06 bits per heavy atom. The van der Waals surface area contributed by atoms with Crippen molar-refractivity contribution in [3.63, 3.8) is 0 Å². The Kier molecular flexibility index (Phi) is 4.03. The molecule has 2 rings (SSSR count). The lowest BCUT2D eigenvalue weighted by Crippen LogP contribution is -2.38. The monoisotopic (exact) mass is 293 g/mol. The molecule has 3 nitrogen and oxygen atoms in total. The molecular formula is C13H16BrN3. The standard InChI is InChI=1S/C13H16BrN3/c14-12-3-4-13(11(6-12)8-16)17-5-1-2-10(7-15)9-17/h3-4,6,10H,1-2,5,7,9,15H2. The Morgan fingerprint density at radius 1 is 1.53 bits per heavy atom. The van der Waals surface area contributed by atoms with E-state index in [0.717, 1.165) is 41.8 Å². The van der Waals surface area contributed by atoms with Crippen LogP contribution < -0.4 is 10.6 Å². The number of rotatable bonds is 2. The van der Waals surface area contributed by atoms with Gasteiger partial charge in [-0.25, -0.2) is 0 Å². The van der Waals surface area contributed by atoms with E-state index in [2.05, 4.69) is 26.9 Å². The summed E-state index contributed by atoms with van der Waals surface area (Å²) in [5, 5.41) is 9.17. The SMILES string of the molecule is N#Cc1cc(Br)ccc1N1CCCC(CN)C1. The van der Waals surface area contributed by atoms with E-state index in [9.17, 15) is 5.26 Å². The van der Waals surface area contributed by atoms with Crippen molar-refractivity contribution in [1.82, 2.24) is 0 Å². The van der Waals surface area contributed by atoms with Gasteiger partial charge in [0, 0.05) is 17.6 Å².